The Labute approximate surface area is 89.5 Å². The summed E-state index contributed by atoms with van der Waals surface area (Å²) in [5.74, 6) is -0.627. The lowest BCUT2D eigenvalue weighted by atomic mass is 10.4. The molecule has 0 spiro atoms. The van der Waals surface area contributed by atoms with Crippen molar-refractivity contribution in [2.24, 2.45) is 0 Å². The average molecular weight is 231 g/mol. The number of aromatic nitrogens is 2. The van der Waals surface area contributed by atoms with Crippen LogP contribution in [-0.2, 0) is 9.47 Å². The fraction of sp³-hybridized carbons (Fsp3) is 0.429. The largest absolute Gasteiger partial charge is 0.461 e. The van der Waals surface area contributed by atoms with Crippen LogP contribution >= 0.6 is 11.5 Å². The van der Waals surface area contributed by atoms with E-state index in [4.69, 9.17) is 4.74 Å². The standard InChI is InChI=1S/C7H9N3O4S/c1-3-14-6(11)4-5(15-10-9-4)8-7(12)13-2/h3H2,1-2H3,(H,8,12). The first-order valence-electron chi connectivity index (χ1n) is 4.03. The molecule has 0 fully saturated rings. The number of amides is 1. The van der Waals surface area contributed by atoms with Crippen LogP contribution in [0.25, 0.3) is 0 Å². The number of carbonyl (C=O) groups is 2. The number of anilines is 1. The highest BCUT2D eigenvalue weighted by Gasteiger charge is 2.19. The van der Waals surface area contributed by atoms with E-state index in [-0.39, 0.29) is 17.3 Å². The second kappa shape index (κ2) is 5.25. The number of esters is 1. The molecule has 0 aliphatic rings. The third kappa shape index (κ3) is 2.88. The number of nitrogens with zero attached hydrogens (tertiary/aromatic N) is 2. The molecule has 0 saturated carbocycles. The second-order valence-corrected chi connectivity index (χ2v) is 3.04. The summed E-state index contributed by atoms with van der Waals surface area (Å²) in [6.45, 7) is 1.90. The van der Waals surface area contributed by atoms with E-state index in [2.05, 4.69) is 19.6 Å². The van der Waals surface area contributed by atoms with Crippen molar-refractivity contribution >= 4 is 28.6 Å². The Balaban J connectivity index is 2.77. The number of hydrogen-bond donors (Lipinski definition) is 1. The van der Waals surface area contributed by atoms with Crippen LogP contribution in [0.2, 0.25) is 0 Å². The Morgan fingerprint density at radius 1 is 1.53 bits per heavy atom. The first kappa shape index (κ1) is 11.4. The lowest BCUT2D eigenvalue weighted by Gasteiger charge is -2.01. The van der Waals surface area contributed by atoms with Crippen LogP contribution in [-0.4, -0.2) is 35.4 Å². The van der Waals surface area contributed by atoms with Gasteiger partial charge >= 0.3 is 12.1 Å². The van der Waals surface area contributed by atoms with Crippen LogP contribution < -0.4 is 5.32 Å². The van der Waals surface area contributed by atoms with E-state index in [9.17, 15) is 9.59 Å². The molecule has 7 nitrogen and oxygen atoms in total. The molecule has 82 valence electrons. The Morgan fingerprint density at radius 2 is 2.27 bits per heavy atom. The monoisotopic (exact) mass is 231 g/mol. The predicted molar refractivity (Wildman–Crippen MR) is 51.9 cm³/mol. The van der Waals surface area contributed by atoms with Crippen molar-refractivity contribution in [3.63, 3.8) is 0 Å². The molecule has 1 amide bonds. The fourth-order valence-corrected chi connectivity index (χ4v) is 1.29. The lowest BCUT2D eigenvalue weighted by Crippen LogP contribution is -2.14. The molecule has 0 unspecified atom stereocenters. The fourth-order valence-electron chi connectivity index (χ4n) is 0.749. The zero-order valence-electron chi connectivity index (χ0n) is 8.14. The Morgan fingerprint density at radius 3 is 2.87 bits per heavy atom. The van der Waals surface area contributed by atoms with Crippen molar-refractivity contribution in [1.82, 2.24) is 9.59 Å². The summed E-state index contributed by atoms with van der Waals surface area (Å²) < 4.78 is 12.6. The van der Waals surface area contributed by atoms with Crippen molar-refractivity contribution in [3.05, 3.63) is 5.69 Å². The summed E-state index contributed by atoms with van der Waals surface area (Å²) in [4.78, 5) is 22.2. The van der Waals surface area contributed by atoms with Crippen molar-refractivity contribution < 1.29 is 19.1 Å². The summed E-state index contributed by atoms with van der Waals surface area (Å²) >= 11 is 0.874. The van der Waals surface area contributed by atoms with Crippen LogP contribution in [0.1, 0.15) is 17.4 Å². The van der Waals surface area contributed by atoms with Crippen LogP contribution in [0.3, 0.4) is 0 Å². The minimum atomic E-state index is -0.688. The van der Waals surface area contributed by atoms with Crippen LogP contribution in [0.4, 0.5) is 9.80 Å². The van der Waals surface area contributed by atoms with E-state index < -0.39 is 12.1 Å². The van der Waals surface area contributed by atoms with Gasteiger partial charge in [-0.3, -0.25) is 5.32 Å². The quantitative estimate of drug-likeness (QED) is 0.777. The molecule has 1 heterocycles. The van der Waals surface area contributed by atoms with Gasteiger partial charge in [0.1, 0.15) is 0 Å². The SMILES string of the molecule is CCOC(=O)c1nnsc1NC(=O)OC. The van der Waals surface area contributed by atoms with E-state index in [1.54, 1.807) is 6.92 Å². The number of ether oxygens (including phenoxy) is 2. The van der Waals surface area contributed by atoms with Crippen LogP contribution in [0, 0.1) is 0 Å². The Bertz CT molecular complexity index is 365. The van der Waals surface area contributed by atoms with Gasteiger partial charge in [-0.2, -0.15) is 0 Å². The normalized spacial score (nSPS) is 9.47. The second-order valence-electron chi connectivity index (χ2n) is 2.29. The highest BCUT2D eigenvalue weighted by atomic mass is 32.1. The molecule has 0 atom stereocenters. The maximum Gasteiger partial charge on any atom is 0.412 e. The van der Waals surface area contributed by atoms with Crippen molar-refractivity contribution in [1.29, 1.82) is 0 Å². The van der Waals surface area contributed by atoms with Crippen LogP contribution in [0.5, 0.6) is 0 Å². The number of nitrogens with one attached hydrogen (secondary N) is 1. The Kier molecular flexibility index (Phi) is 3.98. The minimum Gasteiger partial charge on any atom is -0.461 e. The van der Waals surface area contributed by atoms with E-state index in [1.807, 2.05) is 0 Å². The number of rotatable bonds is 3. The summed E-state index contributed by atoms with van der Waals surface area (Å²) in [5, 5.41) is 6.07. The molecule has 0 aliphatic heterocycles. The number of hydrogen-bond acceptors (Lipinski definition) is 7. The van der Waals surface area contributed by atoms with E-state index in [0.29, 0.717) is 0 Å². The molecular weight excluding hydrogens is 222 g/mol. The van der Waals surface area contributed by atoms with Gasteiger partial charge in [0.25, 0.3) is 0 Å². The van der Waals surface area contributed by atoms with Gasteiger partial charge in [0, 0.05) is 11.5 Å². The third-order valence-corrected chi connectivity index (χ3v) is 2.00. The zero-order valence-corrected chi connectivity index (χ0v) is 8.96. The smallest absolute Gasteiger partial charge is 0.412 e. The highest BCUT2D eigenvalue weighted by Crippen LogP contribution is 2.18. The Hall–Kier alpha value is -1.70. The molecule has 1 aromatic heterocycles. The maximum atomic E-state index is 11.3. The van der Waals surface area contributed by atoms with Crippen LogP contribution in [0.15, 0.2) is 0 Å². The van der Waals surface area contributed by atoms with E-state index in [0.717, 1.165) is 11.5 Å². The molecule has 0 bridgehead atoms. The molecule has 1 rings (SSSR count). The summed E-state index contributed by atoms with van der Waals surface area (Å²) in [6.07, 6.45) is -0.688. The van der Waals surface area contributed by atoms with Gasteiger partial charge in [-0.25, -0.2) is 9.59 Å². The van der Waals surface area contributed by atoms with Gasteiger partial charge < -0.3 is 9.47 Å². The summed E-state index contributed by atoms with van der Waals surface area (Å²) in [5.41, 5.74) is -0.0211. The van der Waals surface area contributed by atoms with Gasteiger partial charge in [0.15, 0.2) is 5.00 Å². The topological polar surface area (TPSA) is 90.4 Å². The third-order valence-electron chi connectivity index (χ3n) is 1.36. The van der Waals surface area contributed by atoms with E-state index >= 15 is 0 Å². The van der Waals surface area contributed by atoms with Gasteiger partial charge in [0.2, 0.25) is 5.69 Å². The molecule has 15 heavy (non-hydrogen) atoms. The maximum absolute atomic E-state index is 11.3. The molecule has 1 N–H and O–H groups in total. The number of carbonyl (C=O) groups excluding carboxylic acids is 2. The van der Waals surface area contributed by atoms with Gasteiger partial charge in [-0.05, 0) is 6.92 Å². The molecular formula is C7H9N3O4S. The average Bonchev–Trinajstić information content (AvgIpc) is 2.66. The molecule has 0 aromatic carbocycles. The molecule has 0 saturated heterocycles. The molecule has 8 heteroatoms. The minimum absolute atomic E-state index is 0.0211. The first-order valence-corrected chi connectivity index (χ1v) is 4.80. The van der Waals surface area contributed by atoms with Gasteiger partial charge in [-0.1, -0.05) is 4.49 Å². The van der Waals surface area contributed by atoms with Crippen molar-refractivity contribution in [2.45, 2.75) is 6.92 Å². The lowest BCUT2D eigenvalue weighted by molar-refractivity contribution is 0.0520. The predicted octanol–water partition coefficient (Wildman–Crippen LogP) is 0.893. The highest BCUT2D eigenvalue weighted by molar-refractivity contribution is 7.10. The molecule has 0 aliphatic carbocycles. The van der Waals surface area contributed by atoms with Gasteiger partial charge in [-0.15, -0.1) is 5.10 Å². The summed E-state index contributed by atoms with van der Waals surface area (Å²) in [6, 6.07) is 0. The molecule has 0 radical (unpaired) electrons. The first-order chi connectivity index (χ1) is 7.19. The number of methoxy groups -OCH3 is 1. The van der Waals surface area contributed by atoms with Crippen molar-refractivity contribution in [3.8, 4) is 0 Å². The van der Waals surface area contributed by atoms with Gasteiger partial charge in [0.05, 0.1) is 13.7 Å². The zero-order chi connectivity index (χ0) is 11.3. The molecule has 1 aromatic rings. The summed E-state index contributed by atoms with van der Waals surface area (Å²) in [7, 11) is 1.22. The van der Waals surface area contributed by atoms with E-state index in [1.165, 1.54) is 7.11 Å². The van der Waals surface area contributed by atoms with Crippen molar-refractivity contribution in [2.75, 3.05) is 19.0 Å².